The number of carbonyl (C=O) groups is 1. The molecule has 5 rings (SSSR count). The molecule has 0 aromatic heterocycles. The predicted octanol–water partition coefficient (Wildman–Crippen LogP) is 3.07. The van der Waals surface area contributed by atoms with Crippen molar-refractivity contribution in [1.29, 1.82) is 0 Å². The van der Waals surface area contributed by atoms with E-state index in [4.69, 9.17) is 17.8 Å². The van der Waals surface area contributed by atoms with E-state index in [9.17, 15) is 26.0 Å². The minimum atomic E-state index is -3.71. The first-order chi connectivity index (χ1) is 16.8. The molecule has 0 aliphatic heterocycles. The van der Waals surface area contributed by atoms with Gasteiger partial charge in [-0.05, 0) is 68.4 Å². The Kier molecular flexibility index (Phi) is 7.84. The average Bonchev–Trinajstić information content (AvgIpc) is 2.69. The van der Waals surface area contributed by atoms with Gasteiger partial charge in [-0.2, -0.15) is 16.8 Å². The summed E-state index contributed by atoms with van der Waals surface area (Å²) in [5.74, 6) is 0.972. The van der Waals surface area contributed by atoms with E-state index < -0.39 is 37.8 Å². The second-order valence-electron chi connectivity index (χ2n) is 10.2. The van der Waals surface area contributed by atoms with E-state index in [0.717, 1.165) is 37.8 Å². The Bertz CT molecular complexity index is 1110. The number of halogens is 1. The lowest BCUT2D eigenvalue weighted by Gasteiger charge is -2.55. The molecular weight excluding hydrogens is 517 g/mol. The molecule has 13 heteroatoms. The zero-order chi connectivity index (χ0) is 26.1. The number of carbonyl (C=O) groups excluding carboxylic acids is 1. The van der Waals surface area contributed by atoms with Gasteiger partial charge in [0.1, 0.15) is 17.2 Å². The Morgan fingerprint density at radius 3 is 1.89 bits per heavy atom. The van der Waals surface area contributed by atoms with Gasteiger partial charge in [-0.25, -0.2) is 9.18 Å². The topological polar surface area (TPSA) is 126 Å². The lowest BCUT2D eigenvalue weighted by molar-refractivity contribution is -0.135. The second-order valence-corrected chi connectivity index (χ2v) is 13.5. The second kappa shape index (κ2) is 10.4. The molecule has 0 radical (unpaired) electrons. The van der Waals surface area contributed by atoms with Crippen LogP contribution in [0.2, 0.25) is 0 Å². The number of hydrogen-bond donors (Lipinski definition) is 0. The van der Waals surface area contributed by atoms with E-state index in [1.165, 1.54) is 36.3 Å². The first-order valence-corrected chi connectivity index (χ1v) is 15.6. The van der Waals surface area contributed by atoms with E-state index in [2.05, 4.69) is 0 Å². The Hall–Kier alpha value is -1.96. The van der Waals surface area contributed by atoms with Crippen molar-refractivity contribution >= 4 is 32.1 Å². The highest BCUT2D eigenvalue weighted by Gasteiger charge is 2.53. The minimum Gasteiger partial charge on any atom is -0.427 e. The molecule has 10 nitrogen and oxygen atoms in total. The summed E-state index contributed by atoms with van der Waals surface area (Å²) in [5, 5.41) is 0. The van der Waals surface area contributed by atoms with Crippen LogP contribution in [0.4, 0.5) is 14.9 Å². The van der Waals surface area contributed by atoms with Gasteiger partial charge >= 0.3 is 6.16 Å². The molecule has 0 spiro atoms. The predicted molar refractivity (Wildman–Crippen MR) is 128 cm³/mol. The lowest BCUT2D eigenvalue weighted by Crippen LogP contribution is -2.53. The van der Waals surface area contributed by atoms with Crippen LogP contribution in [0.25, 0.3) is 0 Å². The third kappa shape index (κ3) is 7.30. The lowest BCUT2D eigenvalue weighted by atomic mass is 9.54. The summed E-state index contributed by atoms with van der Waals surface area (Å²) in [6, 6.07) is 3.77. The molecule has 1 aromatic rings. The number of ether oxygens (including phenoxy) is 2. The highest BCUT2D eigenvalue weighted by Crippen LogP contribution is 2.57. The molecule has 0 unspecified atom stereocenters. The van der Waals surface area contributed by atoms with Crippen LogP contribution in [-0.2, 0) is 33.3 Å². The van der Waals surface area contributed by atoms with E-state index in [-0.39, 0.29) is 37.7 Å². The van der Waals surface area contributed by atoms with Gasteiger partial charge in [-0.1, -0.05) is 0 Å². The van der Waals surface area contributed by atoms with Crippen molar-refractivity contribution < 1.29 is 43.9 Å². The van der Waals surface area contributed by atoms with Crippen LogP contribution in [0.3, 0.4) is 0 Å². The fourth-order valence-corrected chi connectivity index (χ4v) is 6.96. The van der Waals surface area contributed by atoms with E-state index in [1.54, 1.807) is 0 Å². The van der Waals surface area contributed by atoms with Crippen molar-refractivity contribution in [1.82, 2.24) is 0 Å². The normalized spacial score (nSPS) is 27.1. The van der Waals surface area contributed by atoms with Crippen LogP contribution in [0.5, 0.6) is 5.75 Å². The molecular formula is C23H32FNO9S2. The summed E-state index contributed by atoms with van der Waals surface area (Å²) in [4.78, 5) is 14.0. The first kappa shape index (κ1) is 27.1. The van der Waals surface area contributed by atoms with Crippen LogP contribution in [0, 0.1) is 23.6 Å². The molecule has 0 amide bonds. The van der Waals surface area contributed by atoms with Gasteiger partial charge in [0, 0.05) is 19.2 Å². The summed E-state index contributed by atoms with van der Waals surface area (Å²) in [6.07, 6.45) is 7.06. The maximum atomic E-state index is 15.0. The molecule has 0 heterocycles. The highest BCUT2D eigenvalue weighted by molar-refractivity contribution is 7.86. The number of nitrogens with zero attached hydrogens (tertiary/aromatic N) is 1. The standard InChI is InChI=1S/C23H32FNO9S2/c1-35(27,28)31-7-5-25(6-8-32-36(2,29)30)21-4-3-19(12-20(21)24)33-22(26)34-23-13-16-9-17(14-23)11-18(10-16)15-23/h3-4,12,16-18H,5-11,13-15H2,1-2H3. The Morgan fingerprint density at radius 1 is 0.944 bits per heavy atom. The molecule has 4 aliphatic rings. The first-order valence-electron chi connectivity index (χ1n) is 11.9. The van der Waals surface area contributed by atoms with Crippen molar-refractivity contribution in [3.63, 3.8) is 0 Å². The SMILES string of the molecule is CS(=O)(=O)OCCN(CCOS(C)(=O)=O)c1ccc(OC(=O)OC23CC4CC(CC(C4)C2)C3)cc1F. The van der Waals surface area contributed by atoms with Gasteiger partial charge in [0.2, 0.25) is 0 Å². The fourth-order valence-electron chi connectivity index (χ4n) is 6.21. The molecule has 4 bridgehead atoms. The molecule has 0 N–H and O–H groups in total. The summed E-state index contributed by atoms with van der Waals surface area (Å²) in [7, 11) is -7.43. The quantitative estimate of drug-likeness (QED) is 0.231. The fraction of sp³-hybridized carbons (Fsp3) is 0.696. The number of hydrogen-bond acceptors (Lipinski definition) is 10. The van der Waals surface area contributed by atoms with Crippen LogP contribution in [0.1, 0.15) is 38.5 Å². The van der Waals surface area contributed by atoms with Crippen LogP contribution < -0.4 is 9.64 Å². The molecule has 0 atom stereocenters. The van der Waals surface area contributed by atoms with Crippen molar-refractivity contribution in [3.05, 3.63) is 24.0 Å². The Balaban J connectivity index is 1.39. The summed E-state index contributed by atoms with van der Waals surface area (Å²) >= 11 is 0. The summed E-state index contributed by atoms with van der Waals surface area (Å²) < 4.78 is 80.6. The smallest absolute Gasteiger partial charge is 0.427 e. The van der Waals surface area contributed by atoms with Crippen LogP contribution >= 0.6 is 0 Å². The third-order valence-corrected chi connectivity index (χ3v) is 8.25. The molecule has 0 saturated heterocycles. The van der Waals surface area contributed by atoms with Crippen molar-refractivity contribution in [2.75, 3.05) is 43.7 Å². The molecule has 36 heavy (non-hydrogen) atoms. The maximum absolute atomic E-state index is 15.0. The van der Waals surface area contributed by atoms with Crippen LogP contribution in [0.15, 0.2) is 18.2 Å². The summed E-state index contributed by atoms with van der Waals surface area (Å²) in [5.41, 5.74) is -0.452. The van der Waals surface area contributed by atoms with Gasteiger partial charge in [0.25, 0.3) is 20.2 Å². The minimum absolute atomic E-state index is 0.0333. The van der Waals surface area contributed by atoms with Crippen molar-refractivity contribution in [2.45, 2.75) is 44.1 Å². The van der Waals surface area contributed by atoms with Gasteiger partial charge in [0.15, 0.2) is 0 Å². The number of benzene rings is 1. The van der Waals surface area contributed by atoms with E-state index in [1.807, 2.05) is 0 Å². The highest BCUT2D eigenvalue weighted by atomic mass is 32.2. The Labute approximate surface area is 211 Å². The number of rotatable bonds is 11. The molecule has 4 saturated carbocycles. The van der Waals surface area contributed by atoms with E-state index >= 15 is 0 Å². The van der Waals surface area contributed by atoms with Crippen molar-refractivity contribution in [3.8, 4) is 5.75 Å². The zero-order valence-corrected chi connectivity index (χ0v) is 22.0. The number of anilines is 1. The van der Waals surface area contributed by atoms with Gasteiger partial charge in [0.05, 0.1) is 31.4 Å². The Morgan fingerprint density at radius 2 is 1.44 bits per heavy atom. The molecule has 202 valence electrons. The van der Waals surface area contributed by atoms with Gasteiger partial charge in [-0.15, -0.1) is 0 Å². The van der Waals surface area contributed by atoms with Crippen molar-refractivity contribution in [2.24, 2.45) is 17.8 Å². The summed E-state index contributed by atoms with van der Waals surface area (Å²) in [6.45, 7) is -0.698. The van der Waals surface area contributed by atoms with E-state index in [0.29, 0.717) is 17.8 Å². The molecule has 4 fully saturated rings. The third-order valence-electron chi connectivity index (χ3n) is 7.06. The molecule has 1 aromatic carbocycles. The average molecular weight is 550 g/mol. The molecule has 4 aliphatic carbocycles. The monoisotopic (exact) mass is 549 g/mol. The van der Waals surface area contributed by atoms with Gasteiger partial charge in [-0.3, -0.25) is 8.37 Å². The largest absolute Gasteiger partial charge is 0.514 e. The zero-order valence-electron chi connectivity index (χ0n) is 20.4. The maximum Gasteiger partial charge on any atom is 0.514 e. The van der Waals surface area contributed by atoms with Gasteiger partial charge < -0.3 is 14.4 Å². The van der Waals surface area contributed by atoms with Crippen LogP contribution in [-0.4, -0.2) is 67.4 Å².